The Bertz CT molecular complexity index is 1140. The maximum atomic E-state index is 13.4. The fourth-order valence-corrected chi connectivity index (χ4v) is 5.23. The molecule has 2 rings (SSSR count). The van der Waals surface area contributed by atoms with Crippen LogP contribution in [0.3, 0.4) is 0 Å². The summed E-state index contributed by atoms with van der Waals surface area (Å²) in [6, 6.07) is 11.8. The monoisotopic (exact) mass is 555 g/mol. The minimum atomic E-state index is -3.54. The van der Waals surface area contributed by atoms with Crippen molar-refractivity contribution in [2.75, 3.05) is 23.7 Å². The quantitative estimate of drug-likeness (QED) is 0.374. The van der Waals surface area contributed by atoms with Gasteiger partial charge in [0.2, 0.25) is 21.8 Å². The third-order valence-corrected chi connectivity index (χ3v) is 7.79. The third-order valence-electron chi connectivity index (χ3n) is 5.86. The molecule has 0 aromatic heterocycles. The van der Waals surface area contributed by atoms with Gasteiger partial charge in [-0.3, -0.25) is 13.9 Å². The molecule has 0 spiro atoms. The Labute approximate surface area is 224 Å². The van der Waals surface area contributed by atoms with Gasteiger partial charge >= 0.3 is 0 Å². The number of carbonyl (C=O) groups is 2. The largest absolute Gasteiger partial charge is 0.355 e. The predicted molar refractivity (Wildman–Crippen MR) is 147 cm³/mol. The number of carbonyl (C=O) groups excluding carboxylic acids is 2. The number of aryl methyl sites for hydroxylation is 1. The SMILES string of the molecule is CCNC(=O)[C@H](CC)N(Cc1ccc(Cl)c(Cl)c1)C(=O)CCCN(c1ccc(CC)cc1)S(C)(=O)=O. The average molecular weight is 557 g/mol. The van der Waals surface area contributed by atoms with Crippen molar-refractivity contribution in [3.8, 4) is 0 Å². The van der Waals surface area contributed by atoms with Crippen molar-refractivity contribution in [3.05, 3.63) is 63.6 Å². The van der Waals surface area contributed by atoms with E-state index in [1.54, 1.807) is 30.3 Å². The molecule has 2 aromatic rings. The number of amides is 2. The first-order chi connectivity index (χ1) is 17.0. The molecule has 0 saturated carbocycles. The van der Waals surface area contributed by atoms with Gasteiger partial charge in [-0.25, -0.2) is 8.42 Å². The summed E-state index contributed by atoms with van der Waals surface area (Å²) in [7, 11) is -3.54. The second kappa shape index (κ2) is 13.9. The topological polar surface area (TPSA) is 86.8 Å². The third kappa shape index (κ3) is 8.39. The van der Waals surface area contributed by atoms with Gasteiger partial charge in [-0.1, -0.05) is 55.2 Å². The number of benzene rings is 2. The van der Waals surface area contributed by atoms with Gasteiger partial charge in [-0.15, -0.1) is 0 Å². The van der Waals surface area contributed by atoms with Crippen LogP contribution in [0.25, 0.3) is 0 Å². The lowest BCUT2D eigenvalue weighted by Crippen LogP contribution is -2.49. The van der Waals surface area contributed by atoms with Crippen molar-refractivity contribution in [1.82, 2.24) is 10.2 Å². The summed E-state index contributed by atoms with van der Waals surface area (Å²) in [5.41, 5.74) is 2.41. The minimum absolute atomic E-state index is 0.0797. The van der Waals surface area contributed by atoms with Crippen LogP contribution >= 0.6 is 23.2 Å². The molecule has 0 saturated heterocycles. The summed E-state index contributed by atoms with van der Waals surface area (Å²) in [6.45, 7) is 6.48. The molecule has 0 heterocycles. The first-order valence-corrected chi connectivity index (χ1v) is 14.7. The van der Waals surface area contributed by atoms with E-state index in [2.05, 4.69) is 5.32 Å². The number of likely N-dealkylation sites (N-methyl/N-ethyl adjacent to an activating group) is 1. The molecule has 0 aliphatic rings. The van der Waals surface area contributed by atoms with Crippen LogP contribution < -0.4 is 9.62 Å². The Hall–Kier alpha value is -2.29. The standard InChI is InChI=1S/C26H35Cl2N3O4S/c1-5-19-10-13-21(14-11-19)31(36(4,34)35)16-8-9-25(32)30(24(6-2)26(33)29-7-3)18-20-12-15-22(27)23(28)17-20/h10-15,17,24H,5-9,16,18H2,1-4H3,(H,29,33)/t24-/m0/s1. The van der Waals surface area contributed by atoms with Gasteiger partial charge in [0, 0.05) is 26.1 Å². The smallest absolute Gasteiger partial charge is 0.242 e. The van der Waals surface area contributed by atoms with Gasteiger partial charge in [0.05, 0.1) is 22.0 Å². The maximum Gasteiger partial charge on any atom is 0.242 e. The summed E-state index contributed by atoms with van der Waals surface area (Å²) in [6.07, 6.45) is 2.81. The zero-order valence-electron chi connectivity index (χ0n) is 21.3. The zero-order valence-corrected chi connectivity index (χ0v) is 23.6. The Balaban J connectivity index is 2.21. The van der Waals surface area contributed by atoms with Crippen LogP contribution in [0.1, 0.15) is 51.2 Å². The van der Waals surface area contributed by atoms with Crippen LogP contribution in [0, 0.1) is 0 Å². The molecule has 198 valence electrons. The number of nitrogens with zero attached hydrogens (tertiary/aromatic N) is 2. The number of anilines is 1. The molecule has 2 aromatic carbocycles. The summed E-state index contributed by atoms with van der Waals surface area (Å²) >= 11 is 12.2. The van der Waals surface area contributed by atoms with Crippen LogP contribution in [-0.4, -0.2) is 50.5 Å². The van der Waals surface area contributed by atoms with Gasteiger partial charge in [-0.05, 0) is 61.6 Å². The minimum Gasteiger partial charge on any atom is -0.355 e. The molecule has 0 aliphatic heterocycles. The Morgan fingerprint density at radius 3 is 2.14 bits per heavy atom. The molecule has 0 bridgehead atoms. The van der Waals surface area contributed by atoms with Crippen molar-refractivity contribution in [1.29, 1.82) is 0 Å². The second-order valence-corrected chi connectivity index (χ2v) is 11.3. The van der Waals surface area contributed by atoms with Gasteiger partial charge in [0.25, 0.3) is 0 Å². The van der Waals surface area contributed by atoms with Crippen molar-refractivity contribution < 1.29 is 18.0 Å². The second-order valence-electron chi connectivity index (χ2n) is 8.55. The van der Waals surface area contributed by atoms with Crippen LogP contribution in [0.15, 0.2) is 42.5 Å². The Kier molecular flexibility index (Phi) is 11.5. The lowest BCUT2D eigenvalue weighted by molar-refractivity contribution is -0.141. The van der Waals surface area contributed by atoms with Crippen LogP contribution in [0.2, 0.25) is 10.0 Å². The lowest BCUT2D eigenvalue weighted by atomic mass is 10.1. The Morgan fingerprint density at radius 1 is 0.972 bits per heavy atom. The number of rotatable bonds is 13. The molecular formula is C26H35Cl2N3O4S. The highest BCUT2D eigenvalue weighted by molar-refractivity contribution is 7.92. The van der Waals surface area contributed by atoms with Crippen molar-refractivity contribution in [2.24, 2.45) is 0 Å². The van der Waals surface area contributed by atoms with Crippen molar-refractivity contribution in [3.63, 3.8) is 0 Å². The molecule has 0 fully saturated rings. The van der Waals surface area contributed by atoms with E-state index in [4.69, 9.17) is 23.2 Å². The summed E-state index contributed by atoms with van der Waals surface area (Å²) in [4.78, 5) is 27.7. The van der Waals surface area contributed by atoms with Crippen LogP contribution in [0.4, 0.5) is 5.69 Å². The van der Waals surface area contributed by atoms with Crippen molar-refractivity contribution in [2.45, 2.75) is 59.0 Å². The number of halogens is 2. The highest BCUT2D eigenvalue weighted by atomic mass is 35.5. The summed E-state index contributed by atoms with van der Waals surface area (Å²) in [5.74, 6) is -0.476. The van der Waals surface area contributed by atoms with E-state index in [0.717, 1.165) is 23.8 Å². The predicted octanol–water partition coefficient (Wildman–Crippen LogP) is 5.05. The van der Waals surface area contributed by atoms with E-state index in [1.807, 2.05) is 32.9 Å². The van der Waals surface area contributed by atoms with Crippen LogP contribution in [-0.2, 0) is 32.6 Å². The molecule has 0 radical (unpaired) electrons. The first-order valence-electron chi connectivity index (χ1n) is 12.1. The molecule has 2 amide bonds. The fourth-order valence-electron chi connectivity index (χ4n) is 3.95. The maximum absolute atomic E-state index is 13.4. The molecule has 36 heavy (non-hydrogen) atoms. The van der Waals surface area contributed by atoms with Gasteiger partial charge in [0.1, 0.15) is 6.04 Å². The molecule has 1 N–H and O–H groups in total. The molecule has 1 atom stereocenters. The van der Waals surface area contributed by atoms with E-state index in [0.29, 0.717) is 35.1 Å². The highest BCUT2D eigenvalue weighted by Crippen LogP contribution is 2.25. The molecule has 7 nitrogen and oxygen atoms in total. The summed E-state index contributed by atoms with van der Waals surface area (Å²) in [5, 5.41) is 3.57. The fraction of sp³-hybridized carbons (Fsp3) is 0.462. The van der Waals surface area contributed by atoms with Gasteiger partial charge in [-0.2, -0.15) is 0 Å². The highest BCUT2D eigenvalue weighted by Gasteiger charge is 2.28. The van der Waals surface area contributed by atoms with E-state index >= 15 is 0 Å². The first kappa shape index (κ1) is 29.9. The normalized spacial score (nSPS) is 12.2. The Morgan fingerprint density at radius 2 is 1.61 bits per heavy atom. The van der Waals surface area contributed by atoms with E-state index in [-0.39, 0.29) is 31.3 Å². The number of sulfonamides is 1. The van der Waals surface area contributed by atoms with Crippen LogP contribution in [0.5, 0.6) is 0 Å². The van der Waals surface area contributed by atoms with E-state index < -0.39 is 16.1 Å². The average Bonchev–Trinajstić information content (AvgIpc) is 2.83. The molecule has 0 unspecified atom stereocenters. The summed E-state index contributed by atoms with van der Waals surface area (Å²) < 4.78 is 26.2. The van der Waals surface area contributed by atoms with Gasteiger partial charge < -0.3 is 10.2 Å². The number of hydrogen-bond donors (Lipinski definition) is 1. The van der Waals surface area contributed by atoms with Gasteiger partial charge in [0.15, 0.2) is 0 Å². The molecule has 10 heteroatoms. The van der Waals surface area contributed by atoms with E-state index in [1.165, 1.54) is 9.21 Å². The number of hydrogen-bond acceptors (Lipinski definition) is 4. The molecular weight excluding hydrogens is 521 g/mol. The lowest BCUT2D eigenvalue weighted by Gasteiger charge is -2.31. The number of nitrogens with one attached hydrogen (secondary N) is 1. The van der Waals surface area contributed by atoms with Crippen molar-refractivity contribution >= 4 is 50.7 Å². The molecule has 0 aliphatic carbocycles. The zero-order chi connectivity index (χ0) is 26.9. The van der Waals surface area contributed by atoms with E-state index in [9.17, 15) is 18.0 Å².